The van der Waals surface area contributed by atoms with Gasteiger partial charge in [-0.1, -0.05) is 46.3 Å². The highest BCUT2D eigenvalue weighted by atomic mass is 16.3. The van der Waals surface area contributed by atoms with Gasteiger partial charge in [-0.3, -0.25) is 0 Å². The lowest BCUT2D eigenvalue weighted by atomic mass is 9.45. The van der Waals surface area contributed by atoms with E-state index in [1.165, 1.54) is 57.8 Å². The van der Waals surface area contributed by atoms with E-state index in [4.69, 9.17) is 0 Å². The van der Waals surface area contributed by atoms with Gasteiger partial charge in [-0.2, -0.15) is 0 Å². The van der Waals surface area contributed by atoms with Gasteiger partial charge >= 0.3 is 0 Å². The average Bonchev–Trinajstić information content (AvgIpc) is 3.22. The highest BCUT2D eigenvalue weighted by Gasteiger charge is 2.77. The first-order valence-corrected chi connectivity index (χ1v) is 13.5. The van der Waals surface area contributed by atoms with Crippen LogP contribution >= 0.6 is 0 Å². The fraction of sp³-hybridized carbons (Fsp3) is 0.931. The molecule has 5 aliphatic rings. The molecule has 0 bridgehead atoms. The Kier molecular flexibility index (Phi) is 5.10. The maximum atomic E-state index is 11.4. The number of rotatable bonds is 5. The Bertz CT molecular complexity index is 707. The highest BCUT2D eigenvalue weighted by molar-refractivity contribution is 5.25. The van der Waals surface area contributed by atoms with E-state index in [9.17, 15) is 5.11 Å². The fourth-order valence-electron chi connectivity index (χ4n) is 10.6. The minimum atomic E-state index is -0.00151. The third-order valence-corrected chi connectivity index (χ3v) is 12.3. The van der Waals surface area contributed by atoms with Gasteiger partial charge in [0.2, 0.25) is 0 Å². The van der Waals surface area contributed by atoms with Crippen molar-refractivity contribution >= 4 is 0 Å². The highest BCUT2D eigenvalue weighted by Crippen LogP contribution is 2.81. The van der Waals surface area contributed by atoms with Crippen LogP contribution in [0.3, 0.4) is 0 Å². The molecule has 0 aromatic rings. The van der Waals surface area contributed by atoms with Gasteiger partial charge in [0.15, 0.2) is 0 Å². The van der Waals surface area contributed by atoms with Gasteiger partial charge in [-0.25, -0.2) is 0 Å². The standard InChI is InChI=1S/C29H48O/c1-7-20(18(2)3)9-8-19(4)23-10-11-24-22-16-26(30)29-17-21(29)12-15-28(29,6)25(22)13-14-27(23,24)5/h7,18-19,21-26,30H,8-17H2,1-6H3/b20-7+/t19-,21-,22+,23-,24+,25+,26-,27-,28-,29+/m1/s1. The van der Waals surface area contributed by atoms with E-state index >= 15 is 0 Å². The minimum absolute atomic E-state index is 0.00151. The summed E-state index contributed by atoms with van der Waals surface area (Å²) in [5.41, 5.74) is 2.96. The number of allylic oxidation sites excluding steroid dienone is 2. The van der Waals surface area contributed by atoms with Gasteiger partial charge in [0.1, 0.15) is 0 Å². The molecule has 0 aliphatic heterocycles. The van der Waals surface area contributed by atoms with Crippen molar-refractivity contribution in [3.8, 4) is 0 Å². The monoisotopic (exact) mass is 412 g/mol. The molecule has 1 spiro atoms. The molecule has 5 fully saturated rings. The zero-order chi connectivity index (χ0) is 21.5. The van der Waals surface area contributed by atoms with Crippen molar-refractivity contribution in [2.45, 2.75) is 112 Å². The van der Waals surface area contributed by atoms with Crippen molar-refractivity contribution < 1.29 is 5.11 Å². The summed E-state index contributed by atoms with van der Waals surface area (Å²) in [6.45, 7) is 14.8. The van der Waals surface area contributed by atoms with E-state index in [-0.39, 0.29) is 6.10 Å². The van der Waals surface area contributed by atoms with E-state index in [2.05, 4.69) is 47.6 Å². The van der Waals surface area contributed by atoms with Gasteiger partial charge in [-0.15, -0.1) is 0 Å². The summed E-state index contributed by atoms with van der Waals surface area (Å²) in [5.74, 6) is 5.86. The van der Waals surface area contributed by atoms with Crippen LogP contribution in [0.25, 0.3) is 0 Å². The van der Waals surface area contributed by atoms with Crippen molar-refractivity contribution in [2.75, 3.05) is 0 Å². The normalized spacial score (nSPS) is 53.1. The van der Waals surface area contributed by atoms with Crippen molar-refractivity contribution in [1.29, 1.82) is 0 Å². The Morgan fingerprint density at radius 1 is 1.03 bits per heavy atom. The molecule has 30 heavy (non-hydrogen) atoms. The molecule has 5 aliphatic carbocycles. The summed E-state index contributed by atoms with van der Waals surface area (Å²) in [6, 6.07) is 0. The number of aliphatic hydroxyl groups excluding tert-OH is 1. The van der Waals surface area contributed by atoms with Gasteiger partial charge in [0.05, 0.1) is 6.10 Å². The van der Waals surface area contributed by atoms with Crippen LogP contribution in [-0.4, -0.2) is 11.2 Å². The Morgan fingerprint density at radius 2 is 1.80 bits per heavy atom. The smallest absolute Gasteiger partial charge is 0.0607 e. The lowest BCUT2D eigenvalue weighted by Gasteiger charge is -2.60. The first-order valence-electron chi connectivity index (χ1n) is 13.5. The second-order valence-electron chi connectivity index (χ2n) is 13.3. The molecular formula is C29H48O. The number of aliphatic hydroxyl groups is 1. The summed E-state index contributed by atoms with van der Waals surface area (Å²) in [6.07, 6.45) is 16.1. The Balaban J connectivity index is 1.33. The summed E-state index contributed by atoms with van der Waals surface area (Å²) in [4.78, 5) is 0. The van der Waals surface area contributed by atoms with E-state index in [0.717, 1.165) is 41.9 Å². The largest absolute Gasteiger partial charge is 0.393 e. The molecule has 0 heterocycles. The molecule has 0 aromatic heterocycles. The lowest BCUT2D eigenvalue weighted by Crippen LogP contribution is -2.56. The minimum Gasteiger partial charge on any atom is -0.393 e. The third kappa shape index (κ3) is 2.69. The fourth-order valence-corrected chi connectivity index (χ4v) is 10.6. The molecule has 5 saturated carbocycles. The third-order valence-electron chi connectivity index (χ3n) is 12.3. The van der Waals surface area contributed by atoms with Crippen molar-refractivity contribution in [2.24, 2.45) is 57.7 Å². The predicted molar refractivity (Wildman–Crippen MR) is 126 cm³/mol. The second-order valence-corrected chi connectivity index (χ2v) is 13.3. The molecule has 0 saturated heterocycles. The first-order chi connectivity index (χ1) is 14.2. The van der Waals surface area contributed by atoms with E-state index in [1.54, 1.807) is 5.57 Å². The average molecular weight is 413 g/mol. The first kappa shape index (κ1) is 21.5. The summed E-state index contributed by atoms with van der Waals surface area (Å²) >= 11 is 0. The zero-order valence-corrected chi connectivity index (χ0v) is 20.7. The molecular weight excluding hydrogens is 364 g/mol. The van der Waals surface area contributed by atoms with Gasteiger partial charge < -0.3 is 5.11 Å². The van der Waals surface area contributed by atoms with Crippen LogP contribution in [-0.2, 0) is 0 Å². The van der Waals surface area contributed by atoms with Crippen LogP contribution in [0.2, 0.25) is 0 Å². The summed E-state index contributed by atoms with van der Waals surface area (Å²) < 4.78 is 0. The van der Waals surface area contributed by atoms with Gasteiger partial charge in [-0.05, 0) is 123 Å². The Labute approximate surface area is 186 Å². The molecule has 1 N–H and O–H groups in total. The summed E-state index contributed by atoms with van der Waals surface area (Å²) in [7, 11) is 0. The molecule has 0 aromatic carbocycles. The van der Waals surface area contributed by atoms with Crippen molar-refractivity contribution in [3.63, 3.8) is 0 Å². The van der Waals surface area contributed by atoms with Crippen molar-refractivity contribution in [1.82, 2.24) is 0 Å². The van der Waals surface area contributed by atoms with Gasteiger partial charge in [0, 0.05) is 5.41 Å². The van der Waals surface area contributed by atoms with Crippen LogP contribution in [0.4, 0.5) is 0 Å². The van der Waals surface area contributed by atoms with E-state index < -0.39 is 0 Å². The zero-order valence-electron chi connectivity index (χ0n) is 20.7. The van der Waals surface area contributed by atoms with Crippen LogP contribution in [0.1, 0.15) is 106 Å². The predicted octanol–water partition coefficient (Wildman–Crippen LogP) is 7.63. The van der Waals surface area contributed by atoms with Crippen molar-refractivity contribution in [3.05, 3.63) is 11.6 Å². The lowest BCUT2D eigenvalue weighted by molar-refractivity contribution is -0.152. The summed E-state index contributed by atoms with van der Waals surface area (Å²) in [5, 5.41) is 11.4. The number of hydrogen-bond donors (Lipinski definition) is 1. The molecule has 10 atom stereocenters. The second kappa shape index (κ2) is 7.10. The van der Waals surface area contributed by atoms with E-state index in [1.807, 2.05) is 0 Å². The van der Waals surface area contributed by atoms with Gasteiger partial charge in [0.25, 0.3) is 0 Å². The molecule has 5 rings (SSSR count). The molecule has 1 nitrogen and oxygen atoms in total. The van der Waals surface area contributed by atoms with Crippen LogP contribution in [0.5, 0.6) is 0 Å². The topological polar surface area (TPSA) is 20.2 Å². The number of hydrogen-bond acceptors (Lipinski definition) is 1. The molecule has 170 valence electrons. The van der Waals surface area contributed by atoms with E-state index in [0.29, 0.717) is 22.2 Å². The molecule has 0 radical (unpaired) electrons. The number of fused-ring (bicyclic) bond motifs is 4. The quantitative estimate of drug-likeness (QED) is 0.460. The van der Waals surface area contributed by atoms with Crippen LogP contribution < -0.4 is 0 Å². The van der Waals surface area contributed by atoms with Crippen LogP contribution in [0.15, 0.2) is 11.6 Å². The maximum absolute atomic E-state index is 11.4. The Morgan fingerprint density at radius 3 is 2.47 bits per heavy atom. The maximum Gasteiger partial charge on any atom is 0.0607 e. The molecule has 1 heteroatoms. The SMILES string of the molecule is C/C=C(\CC[C@@H](C)[C@H]1CC[C@H]2[C@@H]3C[C@@H](O)[C@]45C[C@H]4CC[C@]5(C)[C@H]3CC[C@]12C)C(C)C. The molecule has 0 amide bonds. The Hall–Kier alpha value is -0.300. The molecule has 0 unspecified atom stereocenters. The van der Waals surface area contributed by atoms with Crippen LogP contribution in [0, 0.1) is 57.7 Å².